The molecule has 0 saturated carbocycles. The number of pyridine rings is 2. The number of carbonyl (C=O) groups excluding carboxylic acids is 1. The fraction of sp³-hybridized carbons (Fsp3) is 0.333. The van der Waals surface area contributed by atoms with Gasteiger partial charge >= 0.3 is 0 Å². The fourth-order valence-electron chi connectivity index (χ4n) is 4.30. The van der Waals surface area contributed by atoms with Crippen molar-refractivity contribution < 1.29 is 13.9 Å². The van der Waals surface area contributed by atoms with Gasteiger partial charge in [-0.2, -0.15) is 5.10 Å². The van der Waals surface area contributed by atoms with Crippen LogP contribution in [0, 0.1) is 6.92 Å². The lowest BCUT2D eigenvalue weighted by Crippen LogP contribution is -2.37. The van der Waals surface area contributed by atoms with Crippen LogP contribution in [0.4, 0.5) is 0 Å². The van der Waals surface area contributed by atoms with Crippen LogP contribution in [-0.4, -0.2) is 49.8 Å². The van der Waals surface area contributed by atoms with Gasteiger partial charge in [0.25, 0.3) is 5.91 Å². The van der Waals surface area contributed by atoms with Crippen molar-refractivity contribution in [3.05, 3.63) is 65.8 Å². The molecule has 5 heterocycles. The van der Waals surface area contributed by atoms with Crippen LogP contribution in [0.5, 0.6) is 0 Å². The zero-order chi connectivity index (χ0) is 22.1. The summed E-state index contributed by atoms with van der Waals surface area (Å²) < 4.78 is 13.1. The third-order valence-electron chi connectivity index (χ3n) is 5.80. The first-order valence-electron chi connectivity index (χ1n) is 10.8. The molecule has 1 aliphatic rings. The Bertz CT molecular complexity index is 1230. The number of furan rings is 1. The van der Waals surface area contributed by atoms with Gasteiger partial charge < -0.3 is 14.1 Å². The smallest absolute Gasteiger partial charge is 0.255 e. The van der Waals surface area contributed by atoms with Crippen LogP contribution in [0.3, 0.4) is 0 Å². The number of aromatic nitrogens is 4. The summed E-state index contributed by atoms with van der Waals surface area (Å²) in [6.07, 6.45) is 7.13. The van der Waals surface area contributed by atoms with E-state index in [2.05, 4.69) is 10.1 Å². The maximum atomic E-state index is 14.0. The predicted molar refractivity (Wildman–Crippen MR) is 119 cm³/mol. The summed E-state index contributed by atoms with van der Waals surface area (Å²) in [4.78, 5) is 24.8. The largest absolute Gasteiger partial charge is 0.463 e. The Morgan fingerprint density at radius 1 is 1.31 bits per heavy atom. The Hall–Kier alpha value is -3.52. The average molecular weight is 431 g/mol. The second-order valence-corrected chi connectivity index (χ2v) is 8.12. The monoisotopic (exact) mass is 431 g/mol. The van der Waals surface area contributed by atoms with Crippen molar-refractivity contribution >= 4 is 16.9 Å². The summed E-state index contributed by atoms with van der Waals surface area (Å²) >= 11 is 0. The molecule has 0 spiro atoms. The topological polar surface area (TPSA) is 86.3 Å². The van der Waals surface area contributed by atoms with Crippen molar-refractivity contribution in [2.24, 2.45) is 7.05 Å². The summed E-state index contributed by atoms with van der Waals surface area (Å²) in [5, 5.41) is 5.28. The summed E-state index contributed by atoms with van der Waals surface area (Å²) in [5.74, 6) is 0.526. The summed E-state index contributed by atoms with van der Waals surface area (Å²) in [6.45, 7) is 3.61. The predicted octanol–water partition coefficient (Wildman–Crippen LogP) is 3.75. The molecule has 1 saturated heterocycles. The summed E-state index contributed by atoms with van der Waals surface area (Å²) in [5.41, 5.74) is 3.56. The van der Waals surface area contributed by atoms with E-state index in [4.69, 9.17) is 14.1 Å². The molecule has 0 N–H and O–H groups in total. The lowest BCUT2D eigenvalue weighted by atomic mass is 10.1. The number of hydrogen-bond donors (Lipinski definition) is 0. The lowest BCUT2D eigenvalue weighted by molar-refractivity contribution is 0.0508. The lowest BCUT2D eigenvalue weighted by Gasteiger charge is -2.26. The molecule has 0 bridgehead atoms. The number of nitrogens with zero attached hydrogens (tertiary/aromatic N) is 5. The molecule has 0 unspecified atom stereocenters. The molecule has 4 aromatic rings. The molecular weight excluding hydrogens is 406 g/mol. The molecule has 164 valence electrons. The van der Waals surface area contributed by atoms with Gasteiger partial charge in [0.15, 0.2) is 11.4 Å². The van der Waals surface area contributed by atoms with Crippen molar-refractivity contribution in [2.75, 3.05) is 13.2 Å². The number of amides is 1. The van der Waals surface area contributed by atoms with Crippen LogP contribution in [0.1, 0.15) is 34.5 Å². The maximum Gasteiger partial charge on any atom is 0.255 e. The second-order valence-electron chi connectivity index (χ2n) is 8.12. The minimum atomic E-state index is -0.0827. The Balaban J connectivity index is 1.59. The van der Waals surface area contributed by atoms with Crippen LogP contribution < -0.4 is 0 Å². The van der Waals surface area contributed by atoms with Gasteiger partial charge in [0, 0.05) is 39.1 Å². The standard InChI is InChI=1S/C24H25N5O3/c1-16-22-19(12-20(21-8-5-11-32-21)26-23(22)28(2)27-16)24(30)29(15-18-7-4-10-31-18)14-17-6-3-9-25-13-17/h3,5-6,8-9,11-13,18H,4,7,10,14-15H2,1-2H3/t18-/m0/s1. The van der Waals surface area contributed by atoms with Gasteiger partial charge in [0.2, 0.25) is 0 Å². The van der Waals surface area contributed by atoms with E-state index < -0.39 is 0 Å². The van der Waals surface area contributed by atoms with E-state index in [1.165, 1.54) is 0 Å². The average Bonchev–Trinajstić information content (AvgIpc) is 3.56. The highest BCUT2D eigenvalue weighted by atomic mass is 16.5. The van der Waals surface area contributed by atoms with E-state index in [-0.39, 0.29) is 12.0 Å². The molecule has 1 atom stereocenters. The molecule has 1 fully saturated rings. The maximum absolute atomic E-state index is 14.0. The minimum Gasteiger partial charge on any atom is -0.463 e. The first-order valence-corrected chi connectivity index (χ1v) is 10.8. The van der Waals surface area contributed by atoms with E-state index in [9.17, 15) is 4.79 Å². The van der Waals surface area contributed by atoms with Gasteiger partial charge in [-0.05, 0) is 49.6 Å². The van der Waals surface area contributed by atoms with Crippen LogP contribution >= 0.6 is 0 Å². The molecule has 8 nitrogen and oxygen atoms in total. The molecule has 8 heteroatoms. The Morgan fingerprint density at radius 2 is 2.22 bits per heavy atom. The molecule has 1 amide bonds. The van der Waals surface area contributed by atoms with Crippen LogP contribution in [0.15, 0.2) is 53.4 Å². The third kappa shape index (κ3) is 3.89. The van der Waals surface area contributed by atoms with E-state index in [1.54, 1.807) is 23.3 Å². The first-order chi connectivity index (χ1) is 15.6. The Labute approximate surface area is 185 Å². The summed E-state index contributed by atoms with van der Waals surface area (Å²) in [7, 11) is 1.84. The summed E-state index contributed by atoms with van der Waals surface area (Å²) in [6, 6.07) is 9.32. The molecular formula is C24H25N5O3. The number of carbonyl (C=O) groups is 1. The van der Waals surface area contributed by atoms with Crippen LogP contribution in [0.25, 0.3) is 22.5 Å². The van der Waals surface area contributed by atoms with Gasteiger partial charge in [-0.3, -0.25) is 14.5 Å². The van der Waals surface area contributed by atoms with Gasteiger partial charge in [-0.15, -0.1) is 0 Å². The van der Waals surface area contributed by atoms with Gasteiger partial charge in [0.05, 0.1) is 29.0 Å². The Morgan fingerprint density at radius 3 is 2.94 bits per heavy atom. The van der Waals surface area contributed by atoms with Gasteiger partial charge in [0.1, 0.15) is 5.69 Å². The van der Waals surface area contributed by atoms with Gasteiger partial charge in [-0.1, -0.05) is 6.07 Å². The molecule has 32 heavy (non-hydrogen) atoms. The van der Waals surface area contributed by atoms with E-state index in [0.717, 1.165) is 36.1 Å². The number of aryl methyl sites for hydroxylation is 2. The molecule has 0 radical (unpaired) electrons. The van der Waals surface area contributed by atoms with Crippen LogP contribution in [-0.2, 0) is 18.3 Å². The highest BCUT2D eigenvalue weighted by molar-refractivity contribution is 6.07. The Kier molecular flexibility index (Phi) is 5.45. The zero-order valence-electron chi connectivity index (χ0n) is 18.2. The first kappa shape index (κ1) is 20.4. The van der Waals surface area contributed by atoms with Gasteiger partial charge in [-0.25, -0.2) is 4.98 Å². The van der Waals surface area contributed by atoms with Crippen molar-refractivity contribution in [3.63, 3.8) is 0 Å². The van der Waals surface area contributed by atoms with E-state index >= 15 is 0 Å². The number of ether oxygens (including phenoxy) is 1. The fourth-order valence-corrected chi connectivity index (χ4v) is 4.30. The highest BCUT2D eigenvalue weighted by Crippen LogP contribution is 2.29. The van der Waals surface area contributed by atoms with E-state index in [0.29, 0.717) is 35.8 Å². The SMILES string of the molecule is Cc1nn(C)c2nc(-c3ccco3)cc(C(=O)N(Cc3cccnc3)C[C@@H]3CCCO3)c12. The van der Waals surface area contributed by atoms with Crippen LogP contribution in [0.2, 0.25) is 0 Å². The van der Waals surface area contributed by atoms with Crippen molar-refractivity contribution in [3.8, 4) is 11.5 Å². The highest BCUT2D eigenvalue weighted by Gasteiger charge is 2.27. The number of rotatable bonds is 6. The molecule has 1 aliphatic heterocycles. The van der Waals surface area contributed by atoms with E-state index in [1.807, 2.05) is 49.2 Å². The third-order valence-corrected chi connectivity index (χ3v) is 5.80. The number of fused-ring (bicyclic) bond motifs is 1. The molecule has 4 aromatic heterocycles. The molecule has 0 aromatic carbocycles. The minimum absolute atomic E-state index is 0.0347. The zero-order valence-corrected chi connectivity index (χ0v) is 18.2. The molecule has 0 aliphatic carbocycles. The van der Waals surface area contributed by atoms with Crippen molar-refractivity contribution in [1.29, 1.82) is 0 Å². The quantitative estimate of drug-likeness (QED) is 0.462. The normalized spacial score (nSPS) is 16.0. The van der Waals surface area contributed by atoms with Crippen molar-refractivity contribution in [2.45, 2.75) is 32.4 Å². The molecule has 5 rings (SSSR count). The second kappa shape index (κ2) is 8.55. The number of hydrogen-bond acceptors (Lipinski definition) is 6. The van der Waals surface area contributed by atoms with Crippen molar-refractivity contribution in [1.82, 2.24) is 24.6 Å².